The van der Waals surface area contributed by atoms with Crippen LogP contribution in [-0.2, 0) is 4.74 Å². The summed E-state index contributed by atoms with van der Waals surface area (Å²) in [5, 5.41) is 14.1. The molecule has 0 atom stereocenters. The van der Waals surface area contributed by atoms with E-state index in [1.165, 1.54) is 6.33 Å². The second-order valence-electron chi connectivity index (χ2n) is 5.37. The molecule has 0 fully saturated rings. The van der Waals surface area contributed by atoms with Gasteiger partial charge in [0.15, 0.2) is 0 Å². The van der Waals surface area contributed by atoms with Crippen molar-refractivity contribution in [2.24, 2.45) is 0 Å². The van der Waals surface area contributed by atoms with E-state index < -0.39 is 4.92 Å². The van der Waals surface area contributed by atoms with E-state index in [-0.39, 0.29) is 29.6 Å². The molecule has 1 aromatic heterocycles. The summed E-state index contributed by atoms with van der Waals surface area (Å²) in [7, 11) is 0. The molecule has 0 aliphatic carbocycles. The lowest BCUT2D eigenvalue weighted by molar-refractivity contribution is -0.385. The Bertz CT molecular complexity index is 474. The van der Waals surface area contributed by atoms with Gasteiger partial charge in [0.1, 0.15) is 12.9 Å². The van der Waals surface area contributed by atoms with Crippen LogP contribution < -0.4 is 10.1 Å². The van der Waals surface area contributed by atoms with Crippen LogP contribution in [0, 0.1) is 10.1 Å². The van der Waals surface area contributed by atoms with Crippen molar-refractivity contribution in [2.45, 2.75) is 39.7 Å². The maximum Gasteiger partial charge on any atom is 0.372 e. The van der Waals surface area contributed by atoms with Gasteiger partial charge in [-0.15, -0.1) is 0 Å². The standard InChI is InChI=1S/C13H22N4O4/c1-5-6-14-11-10(17(18)19)12(16-9-15-11)20-7-8-21-13(2,3)4/h9H,5-8H2,1-4H3,(H,14,15,16). The number of rotatable bonds is 8. The van der Waals surface area contributed by atoms with E-state index in [1.807, 2.05) is 27.7 Å². The number of nitro groups is 1. The van der Waals surface area contributed by atoms with Gasteiger partial charge in [-0.2, -0.15) is 4.98 Å². The van der Waals surface area contributed by atoms with Gasteiger partial charge in [-0.25, -0.2) is 4.98 Å². The minimum atomic E-state index is -0.544. The van der Waals surface area contributed by atoms with Crippen LogP contribution in [0.15, 0.2) is 6.33 Å². The molecule has 0 aliphatic heterocycles. The zero-order valence-electron chi connectivity index (χ0n) is 12.9. The van der Waals surface area contributed by atoms with Crippen LogP contribution in [0.3, 0.4) is 0 Å². The van der Waals surface area contributed by atoms with Crippen molar-refractivity contribution in [1.82, 2.24) is 9.97 Å². The highest BCUT2D eigenvalue weighted by Gasteiger charge is 2.24. The number of nitrogens with zero attached hydrogens (tertiary/aromatic N) is 3. The van der Waals surface area contributed by atoms with E-state index in [4.69, 9.17) is 9.47 Å². The molecule has 0 radical (unpaired) electrons. The maximum atomic E-state index is 11.2. The molecule has 0 spiro atoms. The number of nitrogens with one attached hydrogen (secondary N) is 1. The second-order valence-corrected chi connectivity index (χ2v) is 5.37. The highest BCUT2D eigenvalue weighted by atomic mass is 16.6. The predicted molar refractivity (Wildman–Crippen MR) is 78.7 cm³/mol. The normalized spacial score (nSPS) is 11.2. The van der Waals surface area contributed by atoms with Crippen molar-refractivity contribution in [2.75, 3.05) is 25.1 Å². The van der Waals surface area contributed by atoms with E-state index in [0.29, 0.717) is 13.2 Å². The fourth-order valence-electron chi connectivity index (χ4n) is 1.49. The fraction of sp³-hybridized carbons (Fsp3) is 0.692. The zero-order chi connectivity index (χ0) is 15.9. The van der Waals surface area contributed by atoms with E-state index in [9.17, 15) is 10.1 Å². The molecule has 21 heavy (non-hydrogen) atoms. The van der Waals surface area contributed by atoms with Crippen molar-refractivity contribution < 1.29 is 14.4 Å². The monoisotopic (exact) mass is 298 g/mol. The molecule has 0 unspecified atom stereocenters. The molecule has 1 rings (SSSR count). The lowest BCUT2D eigenvalue weighted by Crippen LogP contribution is -2.22. The SMILES string of the molecule is CCCNc1ncnc(OCCOC(C)(C)C)c1[N+](=O)[O-]. The van der Waals surface area contributed by atoms with Crippen molar-refractivity contribution in [1.29, 1.82) is 0 Å². The maximum absolute atomic E-state index is 11.2. The highest BCUT2D eigenvalue weighted by molar-refractivity contribution is 5.61. The Morgan fingerprint density at radius 3 is 2.62 bits per heavy atom. The molecular weight excluding hydrogens is 276 g/mol. The molecular formula is C13H22N4O4. The van der Waals surface area contributed by atoms with Crippen LogP contribution in [0.4, 0.5) is 11.5 Å². The van der Waals surface area contributed by atoms with Gasteiger partial charge in [-0.3, -0.25) is 10.1 Å². The third kappa shape index (κ3) is 5.90. The van der Waals surface area contributed by atoms with E-state index >= 15 is 0 Å². The van der Waals surface area contributed by atoms with Gasteiger partial charge in [-0.05, 0) is 27.2 Å². The van der Waals surface area contributed by atoms with Crippen LogP contribution >= 0.6 is 0 Å². The zero-order valence-corrected chi connectivity index (χ0v) is 12.9. The third-order valence-electron chi connectivity index (χ3n) is 2.37. The minimum Gasteiger partial charge on any atom is -0.470 e. The molecule has 0 aliphatic rings. The van der Waals surface area contributed by atoms with E-state index in [1.54, 1.807) is 0 Å². The Labute approximate surface area is 124 Å². The van der Waals surface area contributed by atoms with E-state index in [0.717, 1.165) is 6.42 Å². The molecule has 1 N–H and O–H groups in total. The second kappa shape index (κ2) is 7.72. The number of hydrogen-bond donors (Lipinski definition) is 1. The first-order valence-corrected chi connectivity index (χ1v) is 6.85. The van der Waals surface area contributed by atoms with Gasteiger partial charge < -0.3 is 14.8 Å². The smallest absolute Gasteiger partial charge is 0.372 e. The van der Waals surface area contributed by atoms with E-state index in [2.05, 4.69) is 15.3 Å². The lowest BCUT2D eigenvalue weighted by Gasteiger charge is -2.19. The van der Waals surface area contributed by atoms with Crippen LogP contribution in [0.2, 0.25) is 0 Å². The molecule has 8 heteroatoms. The van der Waals surface area contributed by atoms with Gasteiger partial charge >= 0.3 is 5.69 Å². The summed E-state index contributed by atoms with van der Waals surface area (Å²) in [5.74, 6) is 0.120. The fourth-order valence-corrected chi connectivity index (χ4v) is 1.49. The Balaban J connectivity index is 2.74. The first-order valence-electron chi connectivity index (χ1n) is 6.85. The lowest BCUT2D eigenvalue weighted by atomic mass is 10.2. The topological polar surface area (TPSA) is 99.4 Å². The summed E-state index contributed by atoms with van der Waals surface area (Å²) >= 11 is 0. The van der Waals surface area contributed by atoms with Crippen LogP contribution in [-0.4, -0.2) is 40.3 Å². The molecule has 8 nitrogen and oxygen atoms in total. The number of hydrogen-bond acceptors (Lipinski definition) is 7. The Morgan fingerprint density at radius 1 is 1.33 bits per heavy atom. The van der Waals surface area contributed by atoms with Crippen molar-refractivity contribution in [3.63, 3.8) is 0 Å². The van der Waals surface area contributed by atoms with Gasteiger partial charge in [0, 0.05) is 6.54 Å². The average molecular weight is 298 g/mol. The summed E-state index contributed by atoms with van der Waals surface area (Å²) < 4.78 is 10.8. The predicted octanol–water partition coefficient (Wildman–Crippen LogP) is 2.40. The summed E-state index contributed by atoms with van der Waals surface area (Å²) in [4.78, 5) is 18.4. The summed E-state index contributed by atoms with van der Waals surface area (Å²) in [6.45, 7) is 8.82. The molecule has 0 bridgehead atoms. The van der Waals surface area contributed by atoms with Crippen molar-refractivity contribution in [3.8, 4) is 5.88 Å². The van der Waals surface area contributed by atoms with Gasteiger partial charge in [0.2, 0.25) is 5.82 Å². The Morgan fingerprint density at radius 2 is 2.05 bits per heavy atom. The Hall–Kier alpha value is -1.96. The molecule has 0 amide bonds. The van der Waals surface area contributed by atoms with Crippen molar-refractivity contribution >= 4 is 11.5 Å². The molecule has 1 heterocycles. The van der Waals surface area contributed by atoms with Gasteiger partial charge in [0.25, 0.3) is 5.88 Å². The number of ether oxygens (including phenoxy) is 2. The summed E-state index contributed by atoms with van der Waals surface area (Å²) in [5.41, 5.74) is -0.531. The molecule has 0 saturated carbocycles. The highest BCUT2D eigenvalue weighted by Crippen LogP contribution is 2.30. The average Bonchev–Trinajstić information content (AvgIpc) is 2.40. The van der Waals surface area contributed by atoms with Crippen molar-refractivity contribution in [3.05, 3.63) is 16.4 Å². The largest absolute Gasteiger partial charge is 0.470 e. The quantitative estimate of drug-likeness (QED) is 0.447. The number of aromatic nitrogens is 2. The number of anilines is 1. The first kappa shape index (κ1) is 17.1. The minimum absolute atomic E-state index is 0.0499. The summed E-state index contributed by atoms with van der Waals surface area (Å²) in [6.07, 6.45) is 2.07. The van der Waals surface area contributed by atoms with Crippen LogP contribution in [0.5, 0.6) is 5.88 Å². The molecule has 1 aromatic rings. The summed E-state index contributed by atoms with van der Waals surface area (Å²) in [6, 6.07) is 0. The molecule has 118 valence electrons. The third-order valence-corrected chi connectivity index (χ3v) is 2.37. The van der Waals surface area contributed by atoms with Gasteiger partial charge in [0.05, 0.1) is 17.1 Å². The molecule has 0 saturated heterocycles. The van der Waals surface area contributed by atoms with Crippen LogP contribution in [0.1, 0.15) is 34.1 Å². The first-order chi connectivity index (χ1) is 9.85. The van der Waals surface area contributed by atoms with Crippen LogP contribution in [0.25, 0.3) is 0 Å². The molecule has 0 aromatic carbocycles. The van der Waals surface area contributed by atoms with Gasteiger partial charge in [-0.1, -0.05) is 6.92 Å². The Kier molecular flexibility index (Phi) is 6.29.